The number of aryl methyl sites for hydroxylation is 1. The van der Waals surface area contributed by atoms with Crippen molar-refractivity contribution in [1.29, 1.82) is 0 Å². The number of fused-ring (bicyclic) bond motifs is 6. The molecule has 0 aliphatic rings. The number of aliphatic hydroxyl groups is 1. The Bertz CT molecular complexity index is 2220. The van der Waals surface area contributed by atoms with Gasteiger partial charge in [0.05, 0.1) is 0 Å². The van der Waals surface area contributed by atoms with Crippen molar-refractivity contribution < 1.29 is 34.4 Å². The first-order valence-corrected chi connectivity index (χ1v) is 20.3. The Labute approximate surface area is 332 Å². The van der Waals surface area contributed by atoms with Crippen LogP contribution in [0.25, 0.3) is 52.5 Å². The number of benzene rings is 2. The second-order valence-electron chi connectivity index (χ2n) is 16.1. The van der Waals surface area contributed by atoms with Gasteiger partial charge in [0.2, 0.25) is 0 Å². The van der Waals surface area contributed by atoms with Gasteiger partial charge in [-0.05, 0) is 83.2 Å². The fourth-order valence-corrected chi connectivity index (χ4v) is 8.85. The van der Waals surface area contributed by atoms with Crippen molar-refractivity contribution in [2.75, 3.05) is 0 Å². The first-order valence-electron chi connectivity index (χ1n) is 18.6. The fourth-order valence-electron chi connectivity index (χ4n) is 6.67. The second kappa shape index (κ2) is 16.3. The molecule has 281 valence electrons. The average Bonchev–Trinajstić information content (AvgIpc) is 3.81. The van der Waals surface area contributed by atoms with Crippen molar-refractivity contribution in [3.63, 3.8) is 0 Å². The molecule has 1 N–H and O–H groups in total. The van der Waals surface area contributed by atoms with Gasteiger partial charge >= 0.3 is 0 Å². The number of hydrogen-bond acceptors (Lipinski definition) is 6. The van der Waals surface area contributed by atoms with Crippen molar-refractivity contribution >= 4 is 69.7 Å². The number of hydrogen-bond donors (Lipinski definition) is 1. The van der Waals surface area contributed by atoms with Crippen LogP contribution in [0.15, 0.2) is 58.2 Å². The Morgan fingerprint density at radius 1 is 0.942 bits per heavy atom. The van der Waals surface area contributed by atoms with E-state index in [2.05, 4.69) is 83.3 Å². The van der Waals surface area contributed by atoms with Gasteiger partial charge in [0.15, 0.2) is 5.78 Å². The summed E-state index contributed by atoms with van der Waals surface area (Å²) in [4.78, 5) is 17.1. The van der Waals surface area contributed by atoms with E-state index in [9.17, 15) is 9.90 Å². The maximum atomic E-state index is 12.2. The van der Waals surface area contributed by atoms with Crippen LogP contribution in [0.2, 0.25) is 0 Å². The quantitative estimate of drug-likeness (QED) is 0.0845. The normalized spacial score (nSPS) is 12.9. The molecule has 1 radical (unpaired) electrons. The number of allylic oxidation sites excluding steroid dienone is 2. The minimum atomic E-state index is -0.337. The van der Waals surface area contributed by atoms with Crippen LogP contribution in [0.1, 0.15) is 119 Å². The summed E-state index contributed by atoms with van der Waals surface area (Å²) < 4.78 is 10.4. The van der Waals surface area contributed by atoms with E-state index >= 15 is 0 Å². The summed E-state index contributed by atoms with van der Waals surface area (Å²) in [6.07, 6.45) is 7.64. The third kappa shape index (κ3) is 7.99. The smallest absolute Gasteiger partial charge is 0.164 e. The molecule has 7 heteroatoms. The van der Waals surface area contributed by atoms with E-state index in [1.807, 2.05) is 59.1 Å². The molecule has 0 spiro atoms. The Kier molecular flexibility index (Phi) is 13.1. The minimum Gasteiger partial charge on any atom is -0.512 e. The van der Waals surface area contributed by atoms with Crippen molar-refractivity contribution in [3.8, 4) is 11.3 Å². The van der Waals surface area contributed by atoms with Gasteiger partial charge in [-0.1, -0.05) is 87.3 Å². The van der Waals surface area contributed by atoms with Crippen molar-refractivity contribution in [2.24, 2.45) is 16.7 Å². The van der Waals surface area contributed by atoms with Crippen LogP contribution < -0.4 is 0 Å². The maximum absolute atomic E-state index is 12.2. The van der Waals surface area contributed by atoms with Crippen LogP contribution in [0.3, 0.4) is 0 Å². The molecule has 0 fully saturated rings. The van der Waals surface area contributed by atoms with Gasteiger partial charge in [-0.2, -0.15) is 11.3 Å². The molecule has 0 bridgehead atoms. The van der Waals surface area contributed by atoms with E-state index in [1.165, 1.54) is 52.8 Å². The Hall–Kier alpha value is -2.83. The zero-order valence-electron chi connectivity index (χ0n) is 33.1. The number of ketones is 1. The van der Waals surface area contributed by atoms with E-state index in [4.69, 9.17) is 9.40 Å². The number of thiophene rings is 2. The van der Waals surface area contributed by atoms with Gasteiger partial charge in [0.1, 0.15) is 17.1 Å². The summed E-state index contributed by atoms with van der Waals surface area (Å²) in [7, 11) is 0. The molecule has 0 saturated carbocycles. The van der Waals surface area contributed by atoms with Crippen molar-refractivity contribution in [1.82, 2.24) is 4.98 Å². The van der Waals surface area contributed by atoms with Crippen molar-refractivity contribution in [3.05, 3.63) is 76.7 Å². The van der Waals surface area contributed by atoms with Gasteiger partial charge in [-0.25, -0.2) is 0 Å². The Balaban J connectivity index is 0.000000289. The molecule has 2 aromatic carbocycles. The molecule has 52 heavy (non-hydrogen) atoms. The SMILES string of the molecule is CCC(C)(CC)C(=O)/C=C(\O)C(C)(CC)CC.Cc1c(CC(C)C)oc2c1ccc1sc3ccnc(-c4[c-]c5ccsc5c(C(C)(C)C)c4)c3c12.[Ir]. The molecule has 0 atom stereocenters. The number of aromatic nitrogens is 1. The Morgan fingerprint density at radius 2 is 1.58 bits per heavy atom. The van der Waals surface area contributed by atoms with E-state index in [0.717, 1.165) is 54.7 Å². The summed E-state index contributed by atoms with van der Waals surface area (Å²) in [6, 6.07) is 14.8. The molecule has 4 nitrogen and oxygen atoms in total. The van der Waals surface area contributed by atoms with Crippen LogP contribution in [0, 0.1) is 29.7 Å². The zero-order chi connectivity index (χ0) is 37.5. The summed E-state index contributed by atoms with van der Waals surface area (Å²) in [5, 5.41) is 17.1. The van der Waals surface area contributed by atoms with Crippen LogP contribution in [0.4, 0.5) is 0 Å². The molecule has 0 aliphatic carbocycles. The first kappa shape index (κ1) is 41.9. The number of furan rings is 1. The molecular formula is C45H56IrNO3S2-. The molecule has 0 saturated heterocycles. The standard InChI is InChI=1S/C30H28NOS2.C15H28O2.Ir/c1-16(2)13-22-17(3)20-7-8-23-26(28(20)32-22)25-24(34-23)9-11-31-27(25)19-14-18-10-12-33-29(18)21(15-19)30(4,5)6;1-7-14(5,8-2)12(16)11-13(17)15(6,9-3)10-4;/h7-12,15-16H,13H2,1-6H3;11,16H,7-10H2,1-6H3;/q-1;;/b;12-11-;. The maximum Gasteiger partial charge on any atom is 0.164 e. The Morgan fingerprint density at radius 3 is 2.17 bits per heavy atom. The number of pyridine rings is 1. The molecule has 4 aromatic heterocycles. The average molecular weight is 915 g/mol. The predicted octanol–water partition coefficient (Wildman–Crippen LogP) is 14.3. The van der Waals surface area contributed by atoms with Gasteiger partial charge < -0.3 is 9.52 Å². The third-order valence-electron chi connectivity index (χ3n) is 11.3. The van der Waals surface area contributed by atoms with E-state index in [-0.39, 0.29) is 47.9 Å². The zero-order valence-corrected chi connectivity index (χ0v) is 37.1. The van der Waals surface area contributed by atoms with Gasteiger partial charge in [-0.15, -0.1) is 34.9 Å². The molecule has 4 heterocycles. The fraction of sp³-hybridized carbons (Fsp3) is 0.467. The number of carbonyl (C=O) groups is 1. The van der Waals surface area contributed by atoms with Crippen LogP contribution in [-0.2, 0) is 36.7 Å². The number of aliphatic hydroxyl groups excluding tert-OH is 1. The number of carbonyl (C=O) groups excluding carboxylic acids is 1. The van der Waals surface area contributed by atoms with Gasteiger partial charge in [-0.3, -0.25) is 9.78 Å². The van der Waals surface area contributed by atoms with E-state index < -0.39 is 0 Å². The first-order chi connectivity index (χ1) is 24.0. The predicted molar refractivity (Wildman–Crippen MR) is 222 cm³/mol. The summed E-state index contributed by atoms with van der Waals surface area (Å²) in [5.41, 5.74) is 5.10. The van der Waals surface area contributed by atoms with Crippen LogP contribution in [-0.4, -0.2) is 15.9 Å². The summed E-state index contributed by atoms with van der Waals surface area (Å²) in [6.45, 7) is 25.6. The monoisotopic (exact) mass is 915 g/mol. The molecular weight excluding hydrogens is 859 g/mol. The number of rotatable bonds is 10. The van der Waals surface area contributed by atoms with E-state index in [1.54, 1.807) is 11.3 Å². The molecule has 0 aliphatic heterocycles. The second-order valence-corrected chi connectivity index (χ2v) is 18.1. The van der Waals surface area contributed by atoms with Gasteiger partial charge in [0.25, 0.3) is 0 Å². The van der Waals surface area contributed by atoms with E-state index in [0.29, 0.717) is 5.92 Å². The molecule has 6 aromatic rings. The molecule has 6 rings (SSSR count). The molecule has 0 amide bonds. The van der Waals surface area contributed by atoms with Crippen molar-refractivity contribution in [2.45, 2.75) is 121 Å². The largest absolute Gasteiger partial charge is 0.512 e. The minimum absolute atomic E-state index is 0. The third-order valence-corrected chi connectivity index (χ3v) is 13.3. The molecule has 0 unspecified atom stereocenters. The van der Waals surface area contributed by atoms with Crippen LogP contribution >= 0.6 is 22.7 Å². The topological polar surface area (TPSA) is 63.3 Å². The number of nitrogens with zero attached hydrogens (tertiary/aromatic N) is 1. The summed E-state index contributed by atoms with van der Waals surface area (Å²) in [5.74, 6) is 1.94. The summed E-state index contributed by atoms with van der Waals surface area (Å²) >= 11 is 3.62. The van der Waals surface area contributed by atoms with Gasteiger partial charge in [0, 0.05) is 75.5 Å². The van der Waals surface area contributed by atoms with Crippen LogP contribution in [0.5, 0.6) is 0 Å².